The number of Topliss-reactive ketones (excluding diaryl/α,β-unsaturated/α-hetero) is 2. The zero-order valence-electron chi connectivity index (χ0n) is 13.9. The zero-order valence-corrected chi connectivity index (χ0v) is 13.9. The molecule has 25 heavy (non-hydrogen) atoms. The summed E-state index contributed by atoms with van der Waals surface area (Å²) in [5, 5.41) is 0. The zero-order chi connectivity index (χ0) is 17.2. The first-order valence-corrected chi connectivity index (χ1v) is 8.81. The fraction of sp³-hybridized carbons (Fsp3) is 0.273. The number of hydrogen-bond acceptors (Lipinski definition) is 3. The maximum atomic E-state index is 13.0. The molecule has 2 aliphatic rings. The molecular formula is C22H20O3. The van der Waals surface area contributed by atoms with Crippen molar-refractivity contribution in [3.63, 3.8) is 0 Å². The van der Waals surface area contributed by atoms with Gasteiger partial charge in [-0.1, -0.05) is 67.1 Å². The fourth-order valence-corrected chi connectivity index (χ4v) is 3.93. The highest BCUT2D eigenvalue weighted by Gasteiger charge is 2.43. The van der Waals surface area contributed by atoms with Crippen molar-refractivity contribution in [1.29, 1.82) is 0 Å². The van der Waals surface area contributed by atoms with Gasteiger partial charge in [-0.25, -0.2) is 0 Å². The molecule has 1 aliphatic carbocycles. The molecule has 1 aliphatic heterocycles. The summed E-state index contributed by atoms with van der Waals surface area (Å²) >= 11 is 0. The maximum Gasteiger partial charge on any atom is 0.227 e. The van der Waals surface area contributed by atoms with Crippen LogP contribution in [-0.2, 0) is 4.74 Å². The van der Waals surface area contributed by atoms with Gasteiger partial charge in [0.05, 0.1) is 0 Å². The number of benzene rings is 2. The van der Waals surface area contributed by atoms with E-state index in [1.165, 1.54) is 0 Å². The molecule has 0 spiro atoms. The Labute approximate surface area is 147 Å². The summed E-state index contributed by atoms with van der Waals surface area (Å²) in [6, 6.07) is 18.3. The Morgan fingerprint density at radius 2 is 1.48 bits per heavy atom. The van der Waals surface area contributed by atoms with Crippen LogP contribution < -0.4 is 0 Å². The predicted octanol–water partition coefficient (Wildman–Crippen LogP) is 4.45. The maximum absolute atomic E-state index is 13.0. The van der Waals surface area contributed by atoms with Crippen LogP contribution in [0.5, 0.6) is 0 Å². The summed E-state index contributed by atoms with van der Waals surface area (Å²) in [6.45, 7) is 0. The first-order valence-electron chi connectivity index (χ1n) is 8.81. The Balaban J connectivity index is 1.65. The number of ketones is 2. The van der Waals surface area contributed by atoms with Crippen LogP contribution in [0.2, 0.25) is 0 Å². The third-order valence-electron chi connectivity index (χ3n) is 5.21. The average molecular weight is 332 g/mol. The molecule has 0 N–H and O–H groups in total. The number of hydrogen-bond donors (Lipinski definition) is 0. The van der Waals surface area contributed by atoms with Crippen LogP contribution in [0, 0.1) is 11.8 Å². The third-order valence-corrected chi connectivity index (χ3v) is 5.21. The Morgan fingerprint density at radius 3 is 2.16 bits per heavy atom. The highest BCUT2D eigenvalue weighted by Crippen LogP contribution is 2.42. The molecule has 0 amide bonds. The molecule has 4 rings (SSSR count). The van der Waals surface area contributed by atoms with Crippen LogP contribution >= 0.6 is 0 Å². The molecule has 3 nitrogen and oxygen atoms in total. The summed E-state index contributed by atoms with van der Waals surface area (Å²) in [7, 11) is 0. The fourth-order valence-electron chi connectivity index (χ4n) is 3.93. The van der Waals surface area contributed by atoms with E-state index in [-0.39, 0.29) is 23.4 Å². The first-order chi connectivity index (χ1) is 12.2. The van der Waals surface area contributed by atoms with E-state index in [4.69, 9.17) is 4.74 Å². The van der Waals surface area contributed by atoms with E-state index in [2.05, 4.69) is 0 Å². The number of fused-ring (bicyclic) bond motifs is 1. The standard InChI is InChI=1S/C22H20O3/c23-20(15-8-3-1-4-9-15)19-14-17-12-7-13-18(17)22(25-19)21(24)16-10-5-2-6-11-16/h1-6,8-11,14,17-18,22H,7,12-13H2/t17-,18-,22+/m0/s1. The second kappa shape index (κ2) is 6.67. The van der Waals surface area contributed by atoms with Crippen molar-refractivity contribution in [2.45, 2.75) is 25.4 Å². The molecule has 1 heterocycles. The molecular weight excluding hydrogens is 312 g/mol. The van der Waals surface area contributed by atoms with Crippen molar-refractivity contribution in [2.75, 3.05) is 0 Å². The highest BCUT2D eigenvalue weighted by atomic mass is 16.5. The van der Waals surface area contributed by atoms with E-state index in [0.717, 1.165) is 19.3 Å². The van der Waals surface area contributed by atoms with Crippen LogP contribution in [0.15, 0.2) is 72.5 Å². The van der Waals surface area contributed by atoms with Gasteiger partial charge in [0, 0.05) is 17.0 Å². The predicted molar refractivity (Wildman–Crippen MR) is 95.3 cm³/mol. The van der Waals surface area contributed by atoms with E-state index in [0.29, 0.717) is 16.9 Å². The van der Waals surface area contributed by atoms with Crippen molar-refractivity contribution in [3.8, 4) is 0 Å². The molecule has 0 aromatic heterocycles. The monoisotopic (exact) mass is 332 g/mol. The van der Waals surface area contributed by atoms with Gasteiger partial charge in [0.25, 0.3) is 0 Å². The van der Waals surface area contributed by atoms with Gasteiger partial charge in [0.2, 0.25) is 11.6 Å². The molecule has 126 valence electrons. The smallest absolute Gasteiger partial charge is 0.227 e. The summed E-state index contributed by atoms with van der Waals surface area (Å²) in [6.07, 6.45) is 4.43. The minimum absolute atomic E-state index is 0.0241. The molecule has 0 bridgehead atoms. The lowest BCUT2D eigenvalue weighted by Crippen LogP contribution is -2.38. The number of rotatable bonds is 4. The number of allylic oxidation sites excluding steroid dienone is 2. The van der Waals surface area contributed by atoms with Gasteiger partial charge < -0.3 is 4.74 Å². The lowest BCUT2D eigenvalue weighted by molar-refractivity contribution is 0.0283. The average Bonchev–Trinajstić information content (AvgIpc) is 3.16. The van der Waals surface area contributed by atoms with Gasteiger partial charge in [-0.05, 0) is 24.8 Å². The lowest BCUT2D eigenvalue weighted by Gasteiger charge is -2.32. The summed E-state index contributed by atoms with van der Waals surface area (Å²) in [4.78, 5) is 25.8. The number of carbonyl (C=O) groups excluding carboxylic acids is 2. The number of ether oxygens (including phenoxy) is 1. The summed E-state index contributed by atoms with van der Waals surface area (Å²) < 4.78 is 5.99. The SMILES string of the molecule is O=C(C1=C[C@@H]2CCC[C@@H]2[C@H](C(=O)c2ccccc2)O1)c1ccccc1. The lowest BCUT2D eigenvalue weighted by atomic mass is 9.83. The molecule has 1 saturated carbocycles. The van der Waals surface area contributed by atoms with Crippen molar-refractivity contribution >= 4 is 11.6 Å². The molecule has 0 saturated heterocycles. The van der Waals surface area contributed by atoms with E-state index in [9.17, 15) is 9.59 Å². The van der Waals surface area contributed by atoms with E-state index < -0.39 is 6.10 Å². The van der Waals surface area contributed by atoms with Crippen molar-refractivity contribution in [1.82, 2.24) is 0 Å². The number of carbonyl (C=O) groups is 2. The molecule has 2 aromatic carbocycles. The first kappa shape index (κ1) is 15.8. The molecule has 0 unspecified atom stereocenters. The second-order valence-electron chi connectivity index (χ2n) is 6.75. The van der Waals surface area contributed by atoms with E-state index >= 15 is 0 Å². The van der Waals surface area contributed by atoms with Crippen molar-refractivity contribution in [2.24, 2.45) is 11.8 Å². The molecule has 3 atom stereocenters. The normalized spacial score (nSPS) is 24.8. The summed E-state index contributed by atoms with van der Waals surface area (Å²) in [5.74, 6) is 0.568. The van der Waals surface area contributed by atoms with Gasteiger partial charge in [-0.15, -0.1) is 0 Å². The third kappa shape index (κ3) is 3.02. The van der Waals surface area contributed by atoms with Gasteiger partial charge in [-0.2, -0.15) is 0 Å². The Kier molecular flexibility index (Phi) is 4.22. The van der Waals surface area contributed by atoms with Crippen LogP contribution in [0.1, 0.15) is 40.0 Å². The summed E-state index contributed by atoms with van der Waals surface area (Å²) in [5.41, 5.74) is 1.24. The Morgan fingerprint density at radius 1 is 0.840 bits per heavy atom. The van der Waals surface area contributed by atoms with E-state index in [1.807, 2.05) is 54.6 Å². The molecule has 0 radical (unpaired) electrons. The van der Waals surface area contributed by atoms with Crippen LogP contribution in [-0.4, -0.2) is 17.7 Å². The van der Waals surface area contributed by atoms with Gasteiger partial charge in [-0.3, -0.25) is 9.59 Å². The minimum atomic E-state index is -0.567. The van der Waals surface area contributed by atoms with Gasteiger partial charge >= 0.3 is 0 Å². The molecule has 1 fully saturated rings. The van der Waals surface area contributed by atoms with Crippen LogP contribution in [0.25, 0.3) is 0 Å². The Hall–Kier alpha value is -2.68. The molecule has 2 aromatic rings. The quantitative estimate of drug-likeness (QED) is 0.777. The molecule has 3 heteroatoms. The highest BCUT2D eigenvalue weighted by molar-refractivity contribution is 6.08. The van der Waals surface area contributed by atoms with Gasteiger partial charge in [0.15, 0.2) is 11.9 Å². The largest absolute Gasteiger partial charge is 0.478 e. The topological polar surface area (TPSA) is 43.4 Å². The Bertz CT molecular complexity index is 808. The van der Waals surface area contributed by atoms with Crippen molar-refractivity contribution in [3.05, 3.63) is 83.6 Å². The minimum Gasteiger partial charge on any atom is -0.478 e. The van der Waals surface area contributed by atoms with Crippen LogP contribution in [0.3, 0.4) is 0 Å². The van der Waals surface area contributed by atoms with E-state index in [1.54, 1.807) is 12.1 Å². The van der Waals surface area contributed by atoms with Gasteiger partial charge in [0.1, 0.15) is 0 Å². The second-order valence-corrected chi connectivity index (χ2v) is 6.75. The van der Waals surface area contributed by atoms with Crippen molar-refractivity contribution < 1.29 is 14.3 Å². The van der Waals surface area contributed by atoms with Crippen LogP contribution in [0.4, 0.5) is 0 Å².